The standard InChI is InChI=1S/C10H11ClFN5O3/c11-4-6(19)3(1-18)20-9(4)17-2-14-5-7(13)15-10(12)16-8(5)17/h2-4,6,9,18-19H,1H2,(H2,13,15,16)/t3-,4+,6-,9-/m1/s1. The van der Waals surface area contributed by atoms with E-state index in [0.717, 1.165) is 0 Å². The molecule has 2 aromatic rings. The lowest BCUT2D eigenvalue weighted by atomic mass is 10.2. The van der Waals surface area contributed by atoms with Gasteiger partial charge in [0.05, 0.1) is 12.9 Å². The van der Waals surface area contributed by atoms with Crippen LogP contribution < -0.4 is 5.73 Å². The number of imidazole rings is 1. The highest BCUT2D eigenvalue weighted by molar-refractivity contribution is 6.21. The summed E-state index contributed by atoms with van der Waals surface area (Å²) in [6.45, 7) is -0.390. The Labute approximate surface area is 117 Å². The second kappa shape index (κ2) is 4.77. The van der Waals surface area contributed by atoms with Crippen molar-refractivity contribution in [2.45, 2.75) is 23.8 Å². The summed E-state index contributed by atoms with van der Waals surface area (Å²) < 4.78 is 20.0. The number of alkyl halides is 1. The number of aromatic nitrogens is 4. The number of rotatable bonds is 2. The van der Waals surface area contributed by atoms with Crippen LogP contribution in [0.15, 0.2) is 6.33 Å². The van der Waals surface area contributed by atoms with Crippen LogP contribution in [0.5, 0.6) is 0 Å². The van der Waals surface area contributed by atoms with Crippen molar-refractivity contribution in [3.8, 4) is 0 Å². The van der Waals surface area contributed by atoms with Gasteiger partial charge in [0.1, 0.15) is 17.6 Å². The van der Waals surface area contributed by atoms with Crippen LogP contribution in [0.3, 0.4) is 0 Å². The highest BCUT2D eigenvalue weighted by Gasteiger charge is 2.44. The maximum atomic E-state index is 13.3. The van der Waals surface area contributed by atoms with E-state index in [1.807, 2.05) is 0 Å². The Morgan fingerprint density at radius 3 is 2.90 bits per heavy atom. The number of nitrogen functional groups attached to an aromatic ring is 1. The summed E-state index contributed by atoms with van der Waals surface area (Å²) >= 11 is 6.07. The van der Waals surface area contributed by atoms with Gasteiger partial charge in [0.15, 0.2) is 23.2 Å². The molecule has 0 aromatic carbocycles. The van der Waals surface area contributed by atoms with E-state index in [2.05, 4.69) is 15.0 Å². The van der Waals surface area contributed by atoms with Crippen LogP contribution in [0, 0.1) is 6.08 Å². The summed E-state index contributed by atoms with van der Waals surface area (Å²) in [7, 11) is 0. The molecule has 2 aromatic heterocycles. The molecule has 0 amide bonds. The smallest absolute Gasteiger partial charge is 0.312 e. The molecular formula is C10H11ClFN5O3. The molecule has 0 radical (unpaired) electrons. The van der Waals surface area contributed by atoms with Crippen LogP contribution in [0.25, 0.3) is 11.2 Å². The SMILES string of the molecule is Nc1nc(F)nc2c1ncn2[C@@H]1O[C@H](CO)[C@@H](O)[C@@H]1Cl. The lowest BCUT2D eigenvalue weighted by Gasteiger charge is -2.15. The lowest BCUT2D eigenvalue weighted by Crippen LogP contribution is -2.29. The van der Waals surface area contributed by atoms with Gasteiger partial charge in [-0.3, -0.25) is 4.57 Å². The predicted octanol–water partition coefficient (Wildman–Crippen LogP) is -0.594. The zero-order valence-electron chi connectivity index (χ0n) is 10.0. The first kappa shape index (κ1) is 13.4. The molecule has 10 heteroatoms. The van der Waals surface area contributed by atoms with E-state index in [-0.39, 0.29) is 23.6 Å². The first-order valence-corrected chi connectivity index (χ1v) is 6.20. The number of ether oxygens (including phenoxy) is 1. The second-order valence-electron chi connectivity index (χ2n) is 4.38. The van der Waals surface area contributed by atoms with E-state index in [0.29, 0.717) is 0 Å². The molecule has 0 aliphatic carbocycles. The number of anilines is 1. The van der Waals surface area contributed by atoms with Gasteiger partial charge in [-0.25, -0.2) is 4.98 Å². The Hall–Kier alpha value is -1.55. The first-order chi connectivity index (χ1) is 9.52. The number of hydrogen-bond donors (Lipinski definition) is 3. The highest BCUT2D eigenvalue weighted by Crippen LogP contribution is 2.35. The fourth-order valence-corrected chi connectivity index (χ4v) is 2.52. The van der Waals surface area contributed by atoms with Crippen LogP contribution in [0.2, 0.25) is 0 Å². The van der Waals surface area contributed by atoms with Gasteiger partial charge in [0, 0.05) is 0 Å². The monoisotopic (exact) mass is 303 g/mol. The lowest BCUT2D eigenvalue weighted by molar-refractivity contribution is -0.0431. The van der Waals surface area contributed by atoms with Crippen molar-refractivity contribution in [3.63, 3.8) is 0 Å². The minimum atomic E-state index is -1.06. The van der Waals surface area contributed by atoms with E-state index in [4.69, 9.17) is 27.2 Å². The zero-order chi connectivity index (χ0) is 14.4. The van der Waals surface area contributed by atoms with Crippen molar-refractivity contribution >= 4 is 28.6 Å². The van der Waals surface area contributed by atoms with Crippen molar-refractivity contribution in [3.05, 3.63) is 12.4 Å². The van der Waals surface area contributed by atoms with Crippen LogP contribution >= 0.6 is 11.6 Å². The maximum Gasteiger partial charge on any atom is 0.312 e. The summed E-state index contributed by atoms with van der Waals surface area (Å²) in [5, 5.41) is 18.1. The Morgan fingerprint density at radius 1 is 1.50 bits per heavy atom. The summed E-state index contributed by atoms with van der Waals surface area (Å²) in [5.74, 6) is -0.102. The van der Waals surface area contributed by atoms with Gasteiger partial charge in [-0.05, 0) is 0 Å². The third-order valence-electron chi connectivity index (χ3n) is 3.17. The van der Waals surface area contributed by atoms with Gasteiger partial charge in [-0.15, -0.1) is 11.6 Å². The van der Waals surface area contributed by atoms with E-state index >= 15 is 0 Å². The number of nitrogens with zero attached hydrogens (tertiary/aromatic N) is 4. The summed E-state index contributed by atoms with van der Waals surface area (Å²) in [6.07, 6.45) is -2.42. The van der Waals surface area contributed by atoms with Gasteiger partial charge in [0.2, 0.25) is 0 Å². The minimum Gasteiger partial charge on any atom is -0.394 e. The van der Waals surface area contributed by atoms with Crippen molar-refractivity contribution < 1.29 is 19.3 Å². The van der Waals surface area contributed by atoms with Gasteiger partial charge in [0.25, 0.3) is 0 Å². The fourth-order valence-electron chi connectivity index (χ4n) is 2.18. The molecule has 3 heterocycles. The molecule has 0 bridgehead atoms. The molecule has 1 fully saturated rings. The van der Waals surface area contributed by atoms with Crippen molar-refractivity contribution in [2.75, 3.05) is 12.3 Å². The Morgan fingerprint density at radius 2 is 2.25 bits per heavy atom. The quantitative estimate of drug-likeness (QED) is 0.501. The molecule has 0 unspecified atom stereocenters. The molecule has 108 valence electrons. The van der Waals surface area contributed by atoms with Gasteiger partial charge in [-0.2, -0.15) is 14.4 Å². The topological polar surface area (TPSA) is 119 Å². The Bertz CT molecular complexity index is 653. The third kappa shape index (κ3) is 1.90. The molecular weight excluding hydrogens is 293 g/mol. The van der Waals surface area contributed by atoms with Crippen molar-refractivity contribution in [1.29, 1.82) is 0 Å². The third-order valence-corrected chi connectivity index (χ3v) is 3.64. The Balaban J connectivity index is 2.07. The normalized spacial score (nSPS) is 30.2. The largest absolute Gasteiger partial charge is 0.394 e. The number of nitrogens with two attached hydrogens (primary N) is 1. The first-order valence-electron chi connectivity index (χ1n) is 5.77. The molecule has 8 nitrogen and oxygen atoms in total. The molecule has 4 N–H and O–H groups in total. The predicted molar refractivity (Wildman–Crippen MR) is 66.3 cm³/mol. The zero-order valence-corrected chi connectivity index (χ0v) is 10.8. The van der Waals surface area contributed by atoms with Crippen molar-refractivity contribution in [2.24, 2.45) is 0 Å². The average molecular weight is 304 g/mol. The maximum absolute atomic E-state index is 13.3. The highest BCUT2D eigenvalue weighted by atomic mass is 35.5. The van der Waals surface area contributed by atoms with E-state index in [1.165, 1.54) is 10.9 Å². The number of hydrogen-bond acceptors (Lipinski definition) is 7. The fraction of sp³-hybridized carbons (Fsp3) is 0.500. The van der Waals surface area contributed by atoms with Gasteiger partial charge < -0.3 is 20.7 Å². The van der Waals surface area contributed by atoms with Gasteiger partial charge in [-0.1, -0.05) is 0 Å². The molecule has 1 saturated heterocycles. The Kier molecular flexibility index (Phi) is 3.21. The number of aliphatic hydroxyl groups excluding tert-OH is 2. The van der Waals surface area contributed by atoms with E-state index < -0.39 is 29.9 Å². The van der Waals surface area contributed by atoms with Crippen LogP contribution in [-0.4, -0.2) is 53.9 Å². The van der Waals surface area contributed by atoms with Gasteiger partial charge >= 0.3 is 6.08 Å². The molecule has 4 atom stereocenters. The minimum absolute atomic E-state index is 0.102. The van der Waals surface area contributed by atoms with E-state index in [9.17, 15) is 9.50 Å². The molecule has 3 rings (SSSR count). The van der Waals surface area contributed by atoms with Crippen LogP contribution in [-0.2, 0) is 4.74 Å². The molecule has 1 aliphatic rings. The molecule has 0 saturated carbocycles. The van der Waals surface area contributed by atoms with E-state index in [1.54, 1.807) is 0 Å². The molecule has 20 heavy (non-hydrogen) atoms. The molecule has 0 spiro atoms. The molecule has 1 aliphatic heterocycles. The average Bonchev–Trinajstić information content (AvgIpc) is 2.93. The van der Waals surface area contributed by atoms with Crippen molar-refractivity contribution in [1.82, 2.24) is 19.5 Å². The number of fused-ring (bicyclic) bond motifs is 1. The summed E-state index contributed by atoms with van der Waals surface area (Å²) in [4.78, 5) is 11.0. The summed E-state index contributed by atoms with van der Waals surface area (Å²) in [6, 6.07) is 0. The van der Waals surface area contributed by atoms with Crippen LogP contribution in [0.4, 0.5) is 10.2 Å². The van der Waals surface area contributed by atoms with Crippen LogP contribution in [0.1, 0.15) is 6.23 Å². The number of halogens is 2. The second-order valence-corrected chi connectivity index (χ2v) is 4.89. The number of aliphatic hydroxyl groups is 2. The summed E-state index contributed by atoms with van der Waals surface area (Å²) in [5.41, 5.74) is 5.87.